The van der Waals surface area contributed by atoms with E-state index in [1.54, 1.807) is 11.3 Å². The number of fused-ring (bicyclic) bond motifs is 1. The van der Waals surface area contributed by atoms with Crippen LogP contribution in [-0.2, 0) is 4.79 Å². The Balaban J connectivity index is 1.76. The molecule has 24 heavy (non-hydrogen) atoms. The molecule has 2 atom stereocenters. The number of thiophene rings is 1. The smallest absolute Gasteiger partial charge is 0.320 e. The molecular weight excluding hydrogens is 326 g/mol. The van der Waals surface area contributed by atoms with Crippen molar-refractivity contribution in [2.75, 3.05) is 13.3 Å². The summed E-state index contributed by atoms with van der Waals surface area (Å²) in [7, 11) is 0. The molecule has 0 aliphatic carbocycles. The molecule has 0 radical (unpaired) electrons. The molecule has 6 heteroatoms. The van der Waals surface area contributed by atoms with Gasteiger partial charge in [-0.15, -0.1) is 0 Å². The highest BCUT2D eigenvalue weighted by molar-refractivity contribution is 7.08. The Hall–Kier alpha value is -2.05. The molecule has 1 aromatic heterocycles. The maximum Gasteiger partial charge on any atom is 0.320 e. The minimum atomic E-state index is -0.740. The molecule has 0 amide bonds. The normalized spacial score (nSPS) is 21.6. The zero-order chi connectivity index (χ0) is 16.5. The average molecular weight is 345 g/mol. The highest BCUT2D eigenvalue weighted by atomic mass is 32.1. The lowest BCUT2D eigenvalue weighted by molar-refractivity contribution is -0.145. The zero-order valence-corrected chi connectivity index (χ0v) is 14.0. The Morgan fingerprint density at radius 1 is 1.21 bits per heavy atom. The van der Waals surface area contributed by atoms with Crippen molar-refractivity contribution in [1.29, 1.82) is 0 Å². The van der Waals surface area contributed by atoms with E-state index in [0.29, 0.717) is 6.42 Å². The first-order valence-corrected chi connectivity index (χ1v) is 9.08. The summed E-state index contributed by atoms with van der Waals surface area (Å²) in [5.41, 5.74) is 2.18. The lowest BCUT2D eigenvalue weighted by atomic mass is 9.93. The van der Waals surface area contributed by atoms with Crippen LogP contribution in [0.25, 0.3) is 0 Å². The number of likely N-dealkylation sites (tertiary alicyclic amines) is 1. The average Bonchev–Trinajstić information content (AvgIpc) is 3.26. The Kier molecular flexibility index (Phi) is 4.16. The molecular formula is C18H19NO4S. The van der Waals surface area contributed by atoms with Crippen LogP contribution in [0.3, 0.4) is 0 Å². The fraction of sp³-hybridized carbons (Fsp3) is 0.389. The summed E-state index contributed by atoms with van der Waals surface area (Å²) in [5, 5.41) is 13.8. The van der Waals surface area contributed by atoms with Crippen LogP contribution < -0.4 is 9.47 Å². The summed E-state index contributed by atoms with van der Waals surface area (Å²) in [6.07, 6.45) is 2.68. The molecule has 1 aromatic carbocycles. The Morgan fingerprint density at radius 2 is 2.08 bits per heavy atom. The van der Waals surface area contributed by atoms with Gasteiger partial charge < -0.3 is 14.6 Å². The van der Waals surface area contributed by atoms with Crippen LogP contribution in [0.15, 0.2) is 35.0 Å². The molecule has 2 unspecified atom stereocenters. The van der Waals surface area contributed by atoms with Gasteiger partial charge in [0, 0.05) is 0 Å². The van der Waals surface area contributed by atoms with Crippen molar-refractivity contribution in [3.05, 3.63) is 46.2 Å². The van der Waals surface area contributed by atoms with E-state index in [-0.39, 0.29) is 12.8 Å². The van der Waals surface area contributed by atoms with Crippen LogP contribution in [0.4, 0.5) is 0 Å². The van der Waals surface area contributed by atoms with Crippen molar-refractivity contribution >= 4 is 17.3 Å². The molecule has 0 saturated carbocycles. The SMILES string of the molecule is O=C(O)C1CCCCN1C(c1ccsc1)c1ccc2c(c1)OCO2. The molecule has 4 rings (SSSR count). The van der Waals surface area contributed by atoms with Gasteiger partial charge in [-0.05, 0) is 59.5 Å². The molecule has 5 nitrogen and oxygen atoms in total. The number of rotatable bonds is 4. The Morgan fingerprint density at radius 3 is 2.88 bits per heavy atom. The van der Waals surface area contributed by atoms with Gasteiger partial charge >= 0.3 is 5.97 Å². The number of hydrogen-bond donors (Lipinski definition) is 1. The number of carbonyl (C=O) groups is 1. The fourth-order valence-corrected chi connectivity index (χ4v) is 4.30. The van der Waals surface area contributed by atoms with E-state index in [1.165, 1.54) is 0 Å². The molecule has 2 aliphatic rings. The standard InChI is InChI=1S/C18H19NO4S/c20-18(21)14-3-1-2-7-19(14)17(13-6-8-24-10-13)12-4-5-15-16(9-12)23-11-22-15/h4-6,8-10,14,17H,1-3,7,11H2,(H,20,21). The van der Waals surface area contributed by atoms with E-state index >= 15 is 0 Å². The number of nitrogens with zero attached hydrogens (tertiary/aromatic N) is 1. The minimum Gasteiger partial charge on any atom is -0.480 e. The van der Waals surface area contributed by atoms with E-state index in [2.05, 4.69) is 16.3 Å². The lowest BCUT2D eigenvalue weighted by Gasteiger charge is -2.39. The van der Waals surface area contributed by atoms with Crippen molar-refractivity contribution < 1.29 is 19.4 Å². The van der Waals surface area contributed by atoms with Crippen LogP contribution in [0, 0.1) is 0 Å². The zero-order valence-electron chi connectivity index (χ0n) is 13.2. The third-order valence-electron chi connectivity index (χ3n) is 4.73. The quantitative estimate of drug-likeness (QED) is 0.919. The van der Waals surface area contributed by atoms with Gasteiger partial charge in [0.2, 0.25) is 6.79 Å². The first-order valence-electron chi connectivity index (χ1n) is 8.14. The maximum absolute atomic E-state index is 11.8. The number of piperidine rings is 1. The molecule has 1 saturated heterocycles. The number of hydrogen-bond acceptors (Lipinski definition) is 5. The third-order valence-corrected chi connectivity index (χ3v) is 5.43. The van der Waals surface area contributed by atoms with Crippen LogP contribution in [-0.4, -0.2) is 35.4 Å². The molecule has 2 aromatic rings. The van der Waals surface area contributed by atoms with Gasteiger partial charge in [0.1, 0.15) is 6.04 Å². The van der Waals surface area contributed by atoms with Gasteiger partial charge in [0.25, 0.3) is 0 Å². The summed E-state index contributed by atoms with van der Waals surface area (Å²) in [6, 6.07) is 7.47. The van der Waals surface area contributed by atoms with E-state index in [0.717, 1.165) is 42.0 Å². The van der Waals surface area contributed by atoms with Crippen LogP contribution in [0.2, 0.25) is 0 Å². The van der Waals surface area contributed by atoms with E-state index in [4.69, 9.17) is 9.47 Å². The number of carboxylic acids is 1. The molecule has 126 valence electrons. The predicted octanol–water partition coefficient (Wildman–Crippen LogP) is 3.51. The number of carboxylic acid groups (broad SMARTS) is 1. The summed E-state index contributed by atoms with van der Waals surface area (Å²) >= 11 is 1.63. The maximum atomic E-state index is 11.8. The van der Waals surface area contributed by atoms with E-state index < -0.39 is 12.0 Å². The second kappa shape index (κ2) is 6.45. The second-order valence-corrected chi connectivity index (χ2v) is 6.94. The highest BCUT2D eigenvalue weighted by Crippen LogP contribution is 2.40. The molecule has 1 N–H and O–H groups in total. The molecule has 0 spiro atoms. The van der Waals surface area contributed by atoms with Crippen molar-refractivity contribution in [2.45, 2.75) is 31.3 Å². The van der Waals surface area contributed by atoms with Crippen molar-refractivity contribution in [1.82, 2.24) is 4.90 Å². The summed E-state index contributed by atoms with van der Waals surface area (Å²) in [5.74, 6) is 0.739. The summed E-state index contributed by atoms with van der Waals surface area (Å²) in [6.45, 7) is 1.02. The van der Waals surface area contributed by atoms with Gasteiger partial charge in [-0.2, -0.15) is 11.3 Å². The van der Waals surface area contributed by atoms with Gasteiger partial charge in [-0.3, -0.25) is 9.69 Å². The van der Waals surface area contributed by atoms with Crippen molar-refractivity contribution in [2.24, 2.45) is 0 Å². The topological polar surface area (TPSA) is 59.0 Å². The first-order chi connectivity index (χ1) is 11.7. The third kappa shape index (κ3) is 2.76. The van der Waals surface area contributed by atoms with Gasteiger partial charge in [0.05, 0.1) is 6.04 Å². The molecule has 0 bridgehead atoms. The Bertz CT molecular complexity index is 731. The van der Waals surface area contributed by atoms with Crippen molar-refractivity contribution in [3.63, 3.8) is 0 Å². The monoisotopic (exact) mass is 345 g/mol. The van der Waals surface area contributed by atoms with E-state index in [9.17, 15) is 9.90 Å². The van der Waals surface area contributed by atoms with Gasteiger partial charge in [0.15, 0.2) is 11.5 Å². The van der Waals surface area contributed by atoms with Crippen LogP contribution in [0.1, 0.15) is 36.4 Å². The van der Waals surface area contributed by atoms with Crippen molar-refractivity contribution in [3.8, 4) is 11.5 Å². The van der Waals surface area contributed by atoms with E-state index in [1.807, 2.05) is 23.6 Å². The highest BCUT2D eigenvalue weighted by Gasteiger charge is 2.35. The number of ether oxygens (including phenoxy) is 2. The summed E-state index contributed by atoms with van der Waals surface area (Å²) < 4.78 is 10.9. The number of benzene rings is 1. The second-order valence-electron chi connectivity index (χ2n) is 6.16. The minimum absolute atomic E-state index is 0.0767. The largest absolute Gasteiger partial charge is 0.480 e. The molecule has 3 heterocycles. The first kappa shape index (κ1) is 15.5. The lowest BCUT2D eigenvalue weighted by Crippen LogP contribution is -2.46. The molecule has 2 aliphatic heterocycles. The van der Waals surface area contributed by atoms with Crippen LogP contribution in [0.5, 0.6) is 11.5 Å². The molecule has 1 fully saturated rings. The Labute approximate surface area is 144 Å². The van der Waals surface area contributed by atoms with Gasteiger partial charge in [-0.1, -0.05) is 12.5 Å². The van der Waals surface area contributed by atoms with Crippen LogP contribution >= 0.6 is 11.3 Å². The van der Waals surface area contributed by atoms with Gasteiger partial charge in [-0.25, -0.2) is 0 Å². The fourth-order valence-electron chi connectivity index (χ4n) is 3.62. The number of aliphatic carboxylic acids is 1. The summed E-state index contributed by atoms with van der Waals surface area (Å²) in [4.78, 5) is 13.9. The predicted molar refractivity (Wildman–Crippen MR) is 90.7 cm³/mol.